The van der Waals surface area contributed by atoms with Gasteiger partial charge in [0.25, 0.3) is 0 Å². The lowest BCUT2D eigenvalue weighted by atomic mass is 9.78. The van der Waals surface area contributed by atoms with Gasteiger partial charge in [0.05, 0.1) is 24.9 Å². The summed E-state index contributed by atoms with van der Waals surface area (Å²) in [6, 6.07) is 0. The third kappa shape index (κ3) is 3.70. The average molecular weight is 332 g/mol. The average Bonchev–Trinajstić information content (AvgIpc) is 3.35. The van der Waals surface area contributed by atoms with Crippen molar-refractivity contribution >= 4 is 0 Å². The van der Waals surface area contributed by atoms with Gasteiger partial charge in [0.15, 0.2) is 5.82 Å². The molecule has 2 bridgehead atoms. The molecule has 0 aromatic carbocycles. The molecule has 3 heterocycles. The molecule has 3 aliphatic rings. The Balaban J connectivity index is 1.28. The maximum Gasteiger partial charge on any atom is 0.178 e. The molecule has 2 saturated heterocycles. The molecule has 6 nitrogen and oxygen atoms in total. The lowest BCUT2D eigenvalue weighted by Gasteiger charge is -2.30. The van der Waals surface area contributed by atoms with Crippen LogP contribution in [-0.4, -0.2) is 45.5 Å². The molecule has 24 heavy (non-hydrogen) atoms. The van der Waals surface area contributed by atoms with Crippen molar-refractivity contribution in [2.45, 2.75) is 76.1 Å². The smallest absolute Gasteiger partial charge is 0.178 e. The number of allylic oxidation sites excluding steroid dienone is 2. The number of aromatic amines is 1. The zero-order chi connectivity index (χ0) is 16.2. The van der Waals surface area contributed by atoms with E-state index in [1.807, 2.05) is 0 Å². The van der Waals surface area contributed by atoms with Gasteiger partial charge in [0.1, 0.15) is 0 Å². The van der Waals surface area contributed by atoms with Gasteiger partial charge < -0.3 is 9.47 Å². The van der Waals surface area contributed by atoms with Gasteiger partial charge in [-0.25, -0.2) is 0 Å². The first-order valence-electron chi connectivity index (χ1n) is 9.54. The molecule has 4 rings (SSSR count). The summed E-state index contributed by atoms with van der Waals surface area (Å²) in [7, 11) is 0. The van der Waals surface area contributed by atoms with Gasteiger partial charge in [-0.15, -0.1) is 10.2 Å². The molecule has 1 saturated carbocycles. The first-order valence-corrected chi connectivity index (χ1v) is 9.54. The molecule has 0 spiro atoms. The topological polar surface area (TPSA) is 72.9 Å². The number of hydrogen-bond donors (Lipinski definition) is 1. The fourth-order valence-electron chi connectivity index (χ4n) is 4.62. The number of aromatic nitrogens is 4. The highest BCUT2D eigenvalue weighted by Gasteiger charge is 2.48. The fraction of sp³-hybridized carbons (Fsp3) is 0.833. The minimum atomic E-state index is 0.425. The lowest BCUT2D eigenvalue weighted by Crippen LogP contribution is -2.32. The molecular weight excluding hydrogens is 304 g/mol. The number of rotatable bonds is 7. The molecule has 2 aliphatic heterocycles. The highest BCUT2D eigenvalue weighted by Crippen LogP contribution is 2.45. The van der Waals surface area contributed by atoms with Crippen molar-refractivity contribution in [2.24, 2.45) is 11.8 Å². The van der Waals surface area contributed by atoms with E-state index in [-0.39, 0.29) is 0 Å². The predicted octanol–water partition coefficient (Wildman–Crippen LogP) is 2.83. The second-order valence-corrected chi connectivity index (χ2v) is 7.45. The Bertz CT molecular complexity index is 527. The van der Waals surface area contributed by atoms with E-state index < -0.39 is 0 Å². The predicted molar refractivity (Wildman–Crippen MR) is 89.3 cm³/mol. The fourth-order valence-corrected chi connectivity index (χ4v) is 4.62. The van der Waals surface area contributed by atoms with Crippen LogP contribution in [-0.2, 0) is 15.9 Å². The normalized spacial score (nSPS) is 33.7. The molecule has 132 valence electrons. The summed E-state index contributed by atoms with van der Waals surface area (Å²) in [6.07, 6.45) is 16.5. The summed E-state index contributed by atoms with van der Waals surface area (Å²) in [5, 5.41) is 14.0. The van der Waals surface area contributed by atoms with Crippen LogP contribution in [0.25, 0.3) is 0 Å². The van der Waals surface area contributed by atoms with E-state index in [9.17, 15) is 0 Å². The molecule has 1 aromatic rings. The van der Waals surface area contributed by atoms with Crippen LogP contribution in [0.4, 0.5) is 0 Å². The van der Waals surface area contributed by atoms with Crippen LogP contribution in [0.2, 0.25) is 0 Å². The third-order valence-electron chi connectivity index (χ3n) is 5.93. The maximum absolute atomic E-state index is 6.28. The minimum Gasteiger partial charge on any atom is -0.378 e. The van der Waals surface area contributed by atoms with Gasteiger partial charge in [0.2, 0.25) is 0 Å². The second-order valence-electron chi connectivity index (χ2n) is 7.45. The van der Waals surface area contributed by atoms with E-state index in [1.54, 1.807) is 0 Å². The molecule has 0 amide bonds. The van der Waals surface area contributed by atoms with E-state index in [4.69, 9.17) is 9.47 Å². The monoisotopic (exact) mass is 332 g/mol. The number of fused-ring (bicyclic) bond motifs is 2. The summed E-state index contributed by atoms with van der Waals surface area (Å²) in [5.41, 5.74) is 0. The van der Waals surface area contributed by atoms with Crippen LogP contribution in [0.3, 0.4) is 0 Å². The van der Waals surface area contributed by atoms with Crippen molar-refractivity contribution in [1.82, 2.24) is 20.6 Å². The Morgan fingerprint density at radius 1 is 1.04 bits per heavy atom. The molecule has 0 radical (unpaired) electrons. The summed E-state index contributed by atoms with van der Waals surface area (Å²) in [6.45, 7) is 0.884. The van der Waals surface area contributed by atoms with Crippen LogP contribution in [0.15, 0.2) is 12.2 Å². The van der Waals surface area contributed by atoms with Crippen molar-refractivity contribution < 1.29 is 9.47 Å². The van der Waals surface area contributed by atoms with Crippen LogP contribution < -0.4 is 0 Å². The third-order valence-corrected chi connectivity index (χ3v) is 5.93. The molecule has 1 aliphatic carbocycles. The summed E-state index contributed by atoms with van der Waals surface area (Å²) >= 11 is 0. The molecule has 1 N–H and O–H groups in total. The number of hydrogen-bond acceptors (Lipinski definition) is 5. The minimum absolute atomic E-state index is 0.425. The number of tetrazole rings is 1. The summed E-state index contributed by atoms with van der Waals surface area (Å²) in [5.74, 6) is 1.92. The van der Waals surface area contributed by atoms with Gasteiger partial charge in [0, 0.05) is 12.3 Å². The summed E-state index contributed by atoms with van der Waals surface area (Å²) in [4.78, 5) is 0. The highest BCUT2D eigenvalue weighted by atomic mass is 16.5. The number of ether oxygens (including phenoxy) is 2. The Morgan fingerprint density at radius 2 is 1.88 bits per heavy atom. The Hall–Kier alpha value is -1.27. The highest BCUT2D eigenvalue weighted by molar-refractivity contribution is 5.01. The second kappa shape index (κ2) is 7.74. The molecule has 0 unspecified atom stereocenters. The molecule has 1 aromatic heterocycles. The first-order chi connectivity index (χ1) is 11.9. The van der Waals surface area contributed by atoms with Gasteiger partial charge in [-0.2, -0.15) is 5.21 Å². The van der Waals surface area contributed by atoms with Crippen LogP contribution in [0, 0.1) is 11.8 Å². The van der Waals surface area contributed by atoms with Crippen molar-refractivity contribution in [1.29, 1.82) is 0 Å². The zero-order valence-corrected chi connectivity index (χ0v) is 14.3. The van der Waals surface area contributed by atoms with E-state index in [0.29, 0.717) is 30.1 Å². The zero-order valence-electron chi connectivity index (χ0n) is 14.3. The van der Waals surface area contributed by atoms with Crippen molar-refractivity contribution in [3.05, 3.63) is 18.0 Å². The number of H-pyrrole nitrogens is 1. The van der Waals surface area contributed by atoms with E-state index in [2.05, 4.69) is 32.8 Å². The first kappa shape index (κ1) is 16.2. The number of nitrogens with zero attached hydrogens (tertiary/aromatic N) is 3. The van der Waals surface area contributed by atoms with Crippen molar-refractivity contribution in [3.63, 3.8) is 0 Å². The largest absolute Gasteiger partial charge is 0.378 e. The Morgan fingerprint density at radius 3 is 2.67 bits per heavy atom. The Kier molecular flexibility index (Phi) is 5.23. The van der Waals surface area contributed by atoms with E-state index in [0.717, 1.165) is 25.3 Å². The molecule has 3 fully saturated rings. The lowest BCUT2D eigenvalue weighted by molar-refractivity contribution is -0.0130. The Labute approximate surface area is 143 Å². The molecule has 4 atom stereocenters. The standard InChI is InChI=1S/C18H28N4O2/c1-2-6-13(7-3-1)23-12-15-14(16-10-11-17(15)24-16)8-4-5-9-18-19-21-22-20-18/h4-5,13-17H,1-3,6-12H2,(H,19,20,21,22)/t14-,15+,16-,17+/m1/s1. The van der Waals surface area contributed by atoms with Crippen molar-refractivity contribution in [2.75, 3.05) is 6.61 Å². The maximum atomic E-state index is 6.28. The van der Waals surface area contributed by atoms with Crippen molar-refractivity contribution in [3.8, 4) is 0 Å². The van der Waals surface area contributed by atoms with Gasteiger partial charge in [-0.1, -0.05) is 36.6 Å². The SMILES string of the molecule is C(=CC[C@@H]1[C@H](COC2CCCCC2)[C@@H]2CC[C@H]1O2)Cc1nn[nH]n1. The van der Waals surface area contributed by atoms with Gasteiger partial charge in [-0.05, 0) is 38.0 Å². The van der Waals surface area contributed by atoms with Gasteiger partial charge >= 0.3 is 0 Å². The van der Waals surface area contributed by atoms with Crippen LogP contribution in [0.1, 0.15) is 57.2 Å². The van der Waals surface area contributed by atoms with E-state index >= 15 is 0 Å². The number of nitrogens with one attached hydrogen (secondary N) is 1. The molecular formula is C18H28N4O2. The summed E-state index contributed by atoms with van der Waals surface area (Å²) < 4.78 is 12.5. The quantitative estimate of drug-likeness (QED) is 0.777. The molecule has 6 heteroatoms. The van der Waals surface area contributed by atoms with Gasteiger partial charge in [-0.3, -0.25) is 0 Å². The van der Waals surface area contributed by atoms with Crippen LogP contribution >= 0.6 is 0 Å². The van der Waals surface area contributed by atoms with Crippen LogP contribution in [0.5, 0.6) is 0 Å². The van der Waals surface area contributed by atoms with E-state index in [1.165, 1.54) is 44.9 Å².